The van der Waals surface area contributed by atoms with E-state index in [1.54, 1.807) is 13.1 Å². The molecule has 1 heterocycles. The summed E-state index contributed by atoms with van der Waals surface area (Å²) in [6.45, 7) is 4.46. The lowest BCUT2D eigenvalue weighted by molar-refractivity contribution is -0.145. The second-order valence-corrected chi connectivity index (χ2v) is 5.06. The van der Waals surface area contributed by atoms with E-state index in [0.29, 0.717) is 6.54 Å². The number of carboxylic acids is 1. The Labute approximate surface area is 101 Å². The fraction of sp³-hybridized carbons (Fsp3) is 0.667. The zero-order valence-corrected chi connectivity index (χ0v) is 10.3. The molecule has 2 N–H and O–H groups in total. The molecule has 5 heteroatoms. The molecule has 0 aliphatic heterocycles. The molecule has 1 fully saturated rings. The second-order valence-electron chi connectivity index (χ2n) is 5.06. The third-order valence-electron chi connectivity index (χ3n) is 3.40. The smallest absolute Gasteiger partial charge is 0.323 e. The van der Waals surface area contributed by atoms with Crippen molar-refractivity contribution in [3.63, 3.8) is 0 Å². The topological polar surface area (TPSA) is 67.2 Å². The van der Waals surface area contributed by atoms with Crippen LogP contribution in [0.5, 0.6) is 0 Å². The summed E-state index contributed by atoms with van der Waals surface area (Å²) in [7, 11) is 0. The lowest BCUT2D eigenvalue weighted by Gasteiger charge is -2.30. The highest BCUT2D eigenvalue weighted by Gasteiger charge is 2.47. The maximum absolute atomic E-state index is 11.4. The fourth-order valence-corrected chi connectivity index (χ4v) is 2.26. The average molecular weight is 237 g/mol. The van der Waals surface area contributed by atoms with Gasteiger partial charge in [0.05, 0.1) is 6.54 Å². The maximum Gasteiger partial charge on any atom is 0.323 e. The first-order chi connectivity index (χ1) is 8.02. The molecule has 0 bridgehead atoms. The lowest BCUT2D eigenvalue weighted by atomic mass is 9.95. The van der Waals surface area contributed by atoms with Crippen LogP contribution in [0.1, 0.15) is 26.7 Å². The zero-order valence-electron chi connectivity index (χ0n) is 10.3. The van der Waals surface area contributed by atoms with Gasteiger partial charge in [0.25, 0.3) is 0 Å². The zero-order chi connectivity index (χ0) is 12.5. The number of hydrogen-bond donors (Lipinski definition) is 2. The molecule has 0 saturated heterocycles. The van der Waals surface area contributed by atoms with E-state index in [1.807, 2.05) is 23.9 Å². The van der Waals surface area contributed by atoms with Crippen molar-refractivity contribution in [2.45, 2.75) is 44.8 Å². The Morgan fingerprint density at radius 2 is 2.41 bits per heavy atom. The van der Waals surface area contributed by atoms with Crippen molar-refractivity contribution in [2.24, 2.45) is 5.92 Å². The first-order valence-electron chi connectivity index (χ1n) is 6.01. The lowest BCUT2D eigenvalue weighted by Crippen LogP contribution is -2.55. The molecule has 0 radical (unpaired) electrons. The van der Waals surface area contributed by atoms with Gasteiger partial charge in [-0.1, -0.05) is 0 Å². The maximum atomic E-state index is 11.4. The average Bonchev–Trinajstić information content (AvgIpc) is 2.99. The van der Waals surface area contributed by atoms with Crippen LogP contribution in [-0.4, -0.2) is 32.4 Å². The minimum Gasteiger partial charge on any atom is -0.480 e. The third-order valence-corrected chi connectivity index (χ3v) is 3.40. The van der Waals surface area contributed by atoms with E-state index in [-0.39, 0.29) is 12.0 Å². The van der Waals surface area contributed by atoms with Crippen LogP contribution < -0.4 is 5.32 Å². The van der Waals surface area contributed by atoms with Gasteiger partial charge in [-0.05, 0) is 38.7 Å². The summed E-state index contributed by atoms with van der Waals surface area (Å²) >= 11 is 0. The van der Waals surface area contributed by atoms with Crippen molar-refractivity contribution >= 4 is 5.97 Å². The summed E-state index contributed by atoms with van der Waals surface area (Å²) in [6, 6.07) is 1.95. The van der Waals surface area contributed by atoms with Gasteiger partial charge in [0.2, 0.25) is 0 Å². The molecule has 1 aliphatic carbocycles. The summed E-state index contributed by atoms with van der Waals surface area (Å²) in [6.07, 6.45) is 5.62. The molecule has 5 nitrogen and oxygen atoms in total. The Bertz CT molecular complexity index is 386. The number of nitrogens with zero attached hydrogens (tertiary/aromatic N) is 2. The predicted octanol–water partition coefficient (Wildman–Crippen LogP) is 1.11. The molecule has 2 rings (SSSR count). The Morgan fingerprint density at radius 3 is 2.88 bits per heavy atom. The quantitative estimate of drug-likeness (QED) is 0.778. The van der Waals surface area contributed by atoms with Crippen molar-refractivity contribution < 1.29 is 9.90 Å². The van der Waals surface area contributed by atoms with Gasteiger partial charge >= 0.3 is 5.97 Å². The SMILES string of the molecule is CC(Cn1cccn1)NC(C)(C(=O)O)C1CC1. The van der Waals surface area contributed by atoms with Crippen LogP contribution in [0.25, 0.3) is 0 Å². The van der Waals surface area contributed by atoms with Crippen molar-refractivity contribution in [2.75, 3.05) is 0 Å². The van der Waals surface area contributed by atoms with E-state index in [0.717, 1.165) is 12.8 Å². The minimum atomic E-state index is -0.799. The normalized spacial score (nSPS) is 20.8. The summed E-state index contributed by atoms with van der Waals surface area (Å²) in [4.78, 5) is 11.4. The summed E-state index contributed by atoms with van der Waals surface area (Å²) in [5, 5.41) is 16.7. The van der Waals surface area contributed by atoms with Crippen LogP contribution in [0, 0.1) is 5.92 Å². The molecule has 0 amide bonds. The van der Waals surface area contributed by atoms with Crippen molar-refractivity contribution in [1.29, 1.82) is 0 Å². The Morgan fingerprint density at radius 1 is 1.71 bits per heavy atom. The highest BCUT2D eigenvalue weighted by atomic mass is 16.4. The van der Waals surface area contributed by atoms with Crippen LogP contribution in [0.15, 0.2) is 18.5 Å². The Balaban J connectivity index is 1.96. The van der Waals surface area contributed by atoms with Crippen LogP contribution in [-0.2, 0) is 11.3 Å². The highest BCUT2D eigenvalue weighted by Crippen LogP contribution is 2.40. The number of carbonyl (C=O) groups is 1. The molecule has 0 aromatic carbocycles. The molecule has 1 aromatic heterocycles. The van der Waals surface area contributed by atoms with Gasteiger partial charge in [-0.15, -0.1) is 0 Å². The number of nitrogens with one attached hydrogen (secondary N) is 1. The van der Waals surface area contributed by atoms with Crippen molar-refractivity contribution in [3.05, 3.63) is 18.5 Å². The molecule has 0 spiro atoms. The van der Waals surface area contributed by atoms with E-state index in [4.69, 9.17) is 0 Å². The van der Waals surface area contributed by atoms with E-state index in [9.17, 15) is 9.90 Å². The predicted molar refractivity (Wildman–Crippen MR) is 63.6 cm³/mol. The number of carboxylic acid groups (broad SMARTS) is 1. The van der Waals surface area contributed by atoms with Crippen LogP contribution >= 0.6 is 0 Å². The van der Waals surface area contributed by atoms with Gasteiger partial charge in [-0.2, -0.15) is 5.10 Å². The minimum absolute atomic E-state index is 0.0802. The molecular weight excluding hydrogens is 218 g/mol. The second kappa shape index (κ2) is 4.49. The van der Waals surface area contributed by atoms with E-state index in [1.165, 1.54) is 0 Å². The van der Waals surface area contributed by atoms with Crippen LogP contribution in [0.4, 0.5) is 0 Å². The molecule has 1 aliphatic rings. The number of hydrogen-bond acceptors (Lipinski definition) is 3. The Kier molecular flexibility index (Phi) is 3.19. The Hall–Kier alpha value is -1.36. The first-order valence-corrected chi connectivity index (χ1v) is 6.01. The number of rotatable bonds is 6. The number of aliphatic carboxylic acids is 1. The van der Waals surface area contributed by atoms with Crippen LogP contribution in [0.3, 0.4) is 0 Å². The van der Waals surface area contributed by atoms with E-state index >= 15 is 0 Å². The molecule has 2 atom stereocenters. The molecule has 2 unspecified atom stereocenters. The van der Waals surface area contributed by atoms with Gasteiger partial charge in [-0.3, -0.25) is 14.8 Å². The van der Waals surface area contributed by atoms with E-state index in [2.05, 4.69) is 10.4 Å². The standard InChI is InChI=1S/C12H19N3O2/c1-9(8-15-7-3-6-13-15)14-12(2,11(16)17)10-4-5-10/h3,6-7,9-10,14H,4-5,8H2,1-2H3,(H,16,17). The fourth-order valence-electron chi connectivity index (χ4n) is 2.26. The summed E-state index contributed by atoms with van der Waals surface area (Å²) < 4.78 is 1.81. The summed E-state index contributed by atoms with van der Waals surface area (Å²) in [5.41, 5.74) is -0.799. The van der Waals surface area contributed by atoms with Crippen LogP contribution in [0.2, 0.25) is 0 Å². The molecule has 94 valence electrons. The largest absolute Gasteiger partial charge is 0.480 e. The molecule has 1 saturated carbocycles. The monoisotopic (exact) mass is 237 g/mol. The molecule has 1 aromatic rings. The van der Waals surface area contributed by atoms with Crippen molar-refractivity contribution in [3.8, 4) is 0 Å². The van der Waals surface area contributed by atoms with E-state index < -0.39 is 11.5 Å². The highest BCUT2D eigenvalue weighted by molar-refractivity contribution is 5.79. The first kappa shape index (κ1) is 12.1. The van der Waals surface area contributed by atoms with Gasteiger partial charge < -0.3 is 5.11 Å². The third kappa shape index (κ3) is 2.66. The van der Waals surface area contributed by atoms with Crippen molar-refractivity contribution in [1.82, 2.24) is 15.1 Å². The molecular formula is C12H19N3O2. The number of aromatic nitrogens is 2. The molecule has 17 heavy (non-hydrogen) atoms. The summed E-state index contributed by atoms with van der Waals surface area (Å²) in [5.74, 6) is -0.493. The van der Waals surface area contributed by atoms with Gasteiger partial charge in [0, 0.05) is 18.4 Å². The van der Waals surface area contributed by atoms with Gasteiger partial charge in [0.15, 0.2) is 0 Å². The van der Waals surface area contributed by atoms with Gasteiger partial charge in [-0.25, -0.2) is 0 Å². The van der Waals surface area contributed by atoms with Gasteiger partial charge in [0.1, 0.15) is 5.54 Å².